The number of fused-ring (bicyclic) bond motifs is 1. The van der Waals surface area contributed by atoms with Crippen molar-refractivity contribution in [3.05, 3.63) is 125 Å². The molecular formula is C37H41NO3S. The van der Waals surface area contributed by atoms with E-state index in [-0.39, 0.29) is 17.1 Å². The van der Waals surface area contributed by atoms with Gasteiger partial charge in [0.25, 0.3) is 0 Å². The minimum atomic E-state index is -3.23. The van der Waals surface area contributed by atoms with Crippen molar-refractivity contribution >= 4 is 9.84 Å². The first-order valence-electron chi connectivity index (χ1n) is 15.2. The molecule has 0 bridgehead atoms. The zero-order valence-electron chi connectivity index (χ0n) is 24.8. The molecule has 218 valence electrons. The minimum absolute atomic E-state index is 0.0458. The number of rotatable bonds is 8. The van der Waals surface area contributed by atoms with Crippen LogP contribution >= 0.6 is 0 Å². The van der Waals surface area contributed by atoms with Crippen LogP contribution in [0.5, 0.6) is 5.75 Å². The summed E-state index contributed by atoms with van der Waals surface area (Å²) < 4.78 is 32.2. The Hall–Kier alpha value is -3.41. The molecule has 1 saturated heterocycles. The molecule has 0 amide bonds. The van der Waals surface area contributed by atoms with Crippen LogP contribution in [-0.4, -0.2) is 32.0 Å². The largest absolute Gasteiger partial charge is 0.487 e. The monoisotopic (exact) mass is 579 g/mol. The number of sulfone groups is 1. The molecule has 2 heterocycles. The van der Waals surface area contributed by atoms with Crippen LogP contribution in [-0.2, 0) is 34.3 Å². The van der Waals surface area contributed by atoms with Crippen molar-refractivity contribution < 1.29 is 13.2 Å². The third-order valence-corrected chi connectivity index (χ3v) is 10.5. The highest BCUT2D eigenvalue weighted by Crippen LogP contribution is 2.41. The molecule has 0 radical (unpaired) electrons. The summed E-state index contributed by atoms with van der Waals surface area (Å²) in [7, 11) is -3.23. The summed E-state index contributed by atoms with van der Waals surface area (Å²) in [5.41, 5.74) is 7.87. The second-order valence-electron chi connectivity index (χ2n) is 12.5. The van der Waals surface area contributed by atoms with Crippen molar-refractivity contribution in [2.24, 2.45) is 0 Å². The number of aryl methyl sites for hydroxylation is 1. The van der Waals surface area contributed by atoms with E-state index in [1.165, 1.54) is 16.7 Å². The van der Waals surface area contributed by atoms with Gasteiger partial charge in [0, 0.05) is 19.6 Å². The van der Waals surface area contributed by atoms with Crippen LogP contribution in [0.25, 0.3) is 11.1 Å². The summed E-state index contributed by atoms with van der Waals surface area (Å²) >= 11 is 0. The molecule has 4 aromatic rings. The topological polar surface area (TPSA) is 46.6 Å². The lowest BCUT2D eigenvalue weighted by atomic mass is 9.82. The summed E-state index contributed by atoms with van der Waals surface area (Å²) in [6.45, 7) is 7.61. The second kappa shape index (κ2) is 12.1. The molecule has 1 fully saturated rings. The van der Waals surface area contributed by atoms with Crippen molar-refractivity contribution in [3.8, 4) is 16.9 Å². The molecule has 2 aliphatic heterocycles. The first kappa shape index (κ1) is 28.7. The maximum Gasteiger partial charge on any atom is 0.158 e. The molecular weight excluding hydrogens is 538 g/mol. The Kier molecular flexibility index (Phi) is 8.24. The molecule has 0 N–H and O–H groups in total. The third kappa shape index (κ3) is 6.79. The summed E-state index contributed by atoms with van der Waals surface area (Å²) in [6.07, 6.45) is 4.20. The SMILES string of the molecule is CC(C)c1ccc(CN2CCC3(CCc4cc(-c5ccc(CS(=O)(=O)Cc6ccccc6)cc5)ccc4O3)CC2)cc1. The summed E-state index contributed by atoms with van der Waals surface area (Å²) in [5.74, 6) is 1.70. The van der Waals surface area contributed by atoms with Crippen LogP contribution < -0.4 is 4.74 Å². The predicted molar refractivity (Wildman–Crippen MR) is 171 cm³/mol. The van der Waals surface area contributed by atoms with E-state index in [9.17, 15) is 8.42 Å². The van der Waals surface area contributed by atoms with Crippen LogP contribution in [0.4, 0.5) is 0 Å². The van der Waals surface area contributed by atoms with Gasteiger partial charge in [0.1, 0.15) is 11.4 Å². The Balaban J connectivity index is 1.05. The Labute approximate surface area is 251 Å². The quantitative estimate of drug-likeness (QED) is 0.213. The van der Waals surface area contributed by atoms with Gasteiger partial charge in [-0.2, -0.15) is 0 Å². The minimum Gasteiger partial charge on any atom is -0.487 e. The van der Waals surface area contributed by atoms with Gasteiger partial charge in [-0.1, -0.05) is 98.8 Å². The van der Waals surface area contributed by atoms with Crippen LogP contribution in [0.1, 0.15) is 66.8 Å². The van der Waals surface area contributed by atoms with E-state index in [1.807, 2.05) is 54.6 Å². The average molecular weight is 580 g/mol. The van der Waals surface area contributed by atoms with E-state index < -0.39 is 9.84 Å². The van der Waals surface area contributed by atoms with E-state index in [0.29, 0.717) is 5.92 Å². The highest BCUT2D eigenvalue weighted by Gasteiger charge is 2.39. The van der Waals surface area contributed by atoms with Gasteiger partial charge >= 0.3 is 0 Å². The van der Waals surface area contributed by atoms with Crippen LogP contribution in [0.3, 0.4) is 0 Å². The molecule has 42 heavy (non-hydrogen) atoms. The van der Waals surface area contributed by atoms with Gasteiger partial charge in [0.15, 0.2) is 9.84 Å². The molecule has 4 aromatic carbocycles. The first-order chi connectivity index (χ1) is 20.3. The number of benzene rings is 4. The van der Waals surface area contributed by atoms with Gasteiger partial charge in [-0.25, -0.2) is 8.42 Å². The molecule has 1 spiro atoms. The highest BCUT2D eigenvalue weighted by atomic mass is 32.2. The van der Waals surface area contributed by atoms with E-state index in [0.717, 1.165) is 73.3 Å². The lowest BCUT2D eigenvalue weighted by Gasteiger charge is -2.44. The molecule has 2 aliphatic rings. The first-order valence-corrected chi connectivity index (χ1v) is 17.0. The van der Waals surface area contributed by atoms with E-state index in [2.05, 4.69) is 61.2 Å². The number of hydrogen-bond donors (Lipinski definition) is 0. The zero-order chi connectivity index (χ0) is 29.2. The fraction of sp³-hybridized carbons (Fsp3) is 0.351. The van der Waals surface area contributed by atoms with Crippen molar-refractivity contribution in [2.45, 2.75) is 69.1 Å². The van der Waals surface area contributed by atoms with Gasteiger partial charge in [-0.15, -0.1) is 0 Å². The van der Waals surface area contributed by atoms with Crippen LogP contribution in [0.2, 0.25) is 0 Å². The third-order valence-electron chi connectivity index (χ3n) is 8.96. The van der Waals surface area contributed by atoms with E-state index >= 15 is 0 Å². The van der Waals surface area contributed by atoms with Crippen LogP contribution in [0, 0.1) is 0 Å². The predicted octanol–water partition coefficient (Wildman–Crippen LogP) is 7.95. The summed E-state index contributed by atoms with van der Waals surface area (Å²) in [4.78, 5) is 2.56. The fourth-order valence-corrected chi connectivity index (χ4v) is 7.87. The van der Waals surface area contributed by atoms with Crippen molar-refractivity contribution in [2.75, 3.05) is 13.1 Å². The lowest BCUT2D eigenvalue weighted by Crippen LogP contribution is -2.49. The van der Waals surface area contributed by atoms with Gasteiger partial charge < -0.3 is 4.74 Å². The number of nitrogens with zero attached hydrogens (tertiary/aromatic N) is 1. The standard InChI is InChI=1S/C37H41NO3S/c1-28(2)32-12-8-29(9-13-32)25-38-22-20-37(21-23-38)19-18-35-24-34(16-17-36(35)41-37)33-14-10-31(11-15-33)27-42(39,40)26-30-6-4-3-5-7-30/h3-17,24,28H,18-23,25-27H2,1-2H3. The Morgan fingerprint density at radius 3 is 2.02 bits per heavy atom. The normalized spacial score (nSPS) is 16.7. The van der Waals surface area contributed by atoms with Gasteiger partial charge in [0.05, 0.1) is 11.5 Å². The van der Waals surface area contributed by atoms with E-state index in [4.69, 9.17) is 4.74 Å². The molecule has 5 heteroatoms. The maximum atomic E-state index is 12.7. The van der Waals surface area contributed by atoms with Crippen molar-refractivity contribution in [1.29, 1.82) is 0 Å². The van der Waals surface area contributed by atoms with E-state index in [1.54, 1.807) is 0 Å². The molecule has 0 aliphatic carbocycles. The van der Waals surface area contributed by atoms with Gasteiger partial charge in [-0.3, -0.25) is 4.90 Å². The summed E-state index contributed by atoms with van der Waals surface area (Å²) in [5, 5.41) is 0. The number of piperidine rings is 1. The van der Waals surface area contributed by atoms with Gasteiger partial charge in [-0.05, 0) is 82.7 Å². The van der Waals surface area contributed by atoms with Gasteiger partial charge in [0.2, 0.25) is 0 Å². The average Bonchev–Trinajstić information content (AvgIpc) is 2.99. The molecule has 0 unspecified atom stereocenters. The lowest BCUT2D eigenvalue weighted by molar-refractivity contribution is -0.0163. The Morgan fingerprint density at radius 2 is 1.36 bits per heavy atom. The highest BCUT2D eigenvalue weighted by molar-refractivity contribution is 7.89. The zero-order valence-corrected chi connectivity index (χ0v) is 25.6. The second-order valence-corrected chi connectivity index (χ2v) is 14.6. The van der Waals surface area contributed by atoms with Crippen LogP contribution in [0.15, 0.2) is 97.1 Å². The smallest absolute Gasteiger partial charge is 0.158 e. The number of ether oxygens (including phenoxy) is 1. The number of likely N-dealkylation sites (tertiary alicyclic amines) is 1. The van der Waals surface area contributed by atoms with Crippen molar-refractivity contribution in [1.82, 2.24) is 4.90 Å². The molecule has 0 aromatic heterocycles. The molecule has 0 atom stereocenters. The molecule has 4 nitrogen and oxygen atoms in total. The fourth-order valence-electron chi connectivity index (χ4n) is 6.36. The number of hydrogen-bond acceptors (Lipinski definition) is 4. The molecule has 6 rings (SSSR count). The molecule has 0 saturated carbocycles. The summed E-state index contributed by atoms with van der Waals surface area (Å²) in [6, 6.07) is 32.9. The Bertz CT molecular complexity index is 1600. The Morgan fingerprint density at radius 1 is 0.738 bits per heavy atom. The van der Waals surface area contributed by atoms with Crippen molar-refractivity contribution in [3.63, 3.8) is 0 Å². The maximum absolute atomic E-state index is 12.7.